The summed E-state index contributed by atoms with van der Waals surface area (Å²) >= 11 is 0. The smallest absolute Gasteiger partial charge is 0.123 e. The lowest BCUT2D eigenvalue weighted by atomic mass is 9.92. The molecule has 0 bridgehead atoms. The zero-order chi connectivity index (χ0) is 12.1. The summed E-state index contributed by atoms with van der Waals surface area (Å²) in [6, 6.07) is 6.24. The summed E-state index contributed by atoms with van der Waals surface area (Å²) in [4.78, 5) is 0. The number of aliphatic hydroxyl groups excluding tert-OH is 1. The highest BCUT2D eigenvalue weighted by molar-refractivity contribution is 5.44. The van der Waals surface area contributed by atoms with E-state index in [1.54, 1.807) is 12.1 Å². The quantitative estimate of drug-likeness (QED) is 0.844. The molecule has 0 aliphatic carbocycles. The minimum Gasteiger partial charge on any atom is -0.394 e. The van der Waals surface area contributed by atoms with E-state index >= 15 is 0 Å². The van der Waals surface area contributed by atoms with Gasteiger partial charge in [-0.1, -0.05) is 0 Å². The van der Waals surface area contributed by atoms with Crippen molar-refractivity contribution in [1.82, 2.24) is 0 Å². The van der Waals surface area contributed by atoms with E-state index in [9.17, 15) is 9.50 Å². The first kappa shape index (κ1) is 12.3. The van der Waals surface area contributed by atoms with Crippen molar-refractivity contribution in [3.63, 3.8) is 0 Å². The van der Waals surface area contributed by atoms with Gasteiger partial charge < -0.3 is 15.2 Å². The summed E-state index contributed by atoms with van der Waals surface area (Å²) in [5.41, 5.74) is 0.844. The first-order valence-corrected chi connectivity index (χ1v) is 6.00. The second kappa shape index (κ2) is 5.98. The number of anilines is 1. The van der Waals surface area contributed by atoms with E-state index in [4.69, 9.17) is 4.74 Å². The Morgan fingerprint density at radius 2 is 1.94 bits per heavy atom. The SMILES string of the molecule is OCC(Nc1ccc(F)cc1)C1CCOCC1. The molecule has 94 valence electrons. The van der Waals surface area contributed by atoms with Crippen LogP contribution in [0.5, 0.6) is 0 Å². The fourth-order valence-electron chi connectivity index (χ4n) is 2.19. The topological polar surface area (TPSA) is 41.5 Å². The molecule has 1 saturated heterocycles. The van der Waals surface area contributed by atoms with Crippen LogP contribution in [-0.4, -0.2) is 31.0 Å². The summed E-state index contributed by atoms with van der Waals surface area (Å²) in [5.74, 6) is 0.168. The van der Waals surface area contributed by atoms with Crippen LogP contribution >= 0.6 is 0 Å². The molecule has 2 N–H and O–H groups in total. The number of aliphatic hydroxyl groups is 1. The molecule has 1 unspecified atom stereocenters. The van der Waals surface area contributed by atoms with E-state index in [1.807, 2.05) is 0 Å². The van der Waals surface area contributed by atoms with Gasteiger partial charge in [-0.05, 0) is 43.0 Å². The molecule has 0 aromatic heterocycles. The fourth-order valence-corrected chi connectivity index (χ4v) is 2.19. The molecular weight excluding hydrogens is 221 g/mol. The van der Waals surface area contributed by atoms with Gasteiger partial charge in [0.2, 0.25) is 0 Å². The number of nitrogens with one attached hydrogen (secondary N) is 1. The van der Waals surface area contributed by atoms with Crippen molar-refractivity contribution in [2.24, 2.45) is 5.92 Å². The summed E-state index contributed by atoms with van der Waals surface area (Å²) in [6.07, 6.45) is 1.92. The predicted octanol–water partition coefficient (Wildman–Crippen LogP) is 2.03. The van der Waals surface area contributed by atoms with Gasteiger partial charge in [0, 0.05) is 18.9 Å². The van der Waals surface area contributed by atoms with E-state index in [-0.39, 0.29) is 18.5 Å². The van der Waals surface area contributed by atoms with Crippen LogP contribution in [0.2, 0.25) is 0 Å². The maximum Gasteiger partial charge on any atom is 0.123 e. The molecule has 2 rings (SSSR count). The van der Waals surface area contributed by atoms with Gasteiger partial charge in [-0.15, -0.1) is 0 Å². The van der Waals surface area contributed by atoms with Crippen molar-refractivity contribution in [3.8, 4) is 0 Å². The average molecular weight is 239 g/mol. The molecule has 1 aromatic carbocycles. The number of hydrogen-bond acceptors (Lipinski definition) is 3. The van der Waals surface area contributed by atoms with Crippen molar-refractivity contribution in [1.29, 1.82) is 0 Å². The lowest BCUT2D eigenvalue weighted by molar-refractivity contribution is 0.0534. The van der Waals surface area contributed by atoms with Gasteiger partial charge in [0.15, 0.2) is 0 Å². The second-order valence-corrected chi connectivity index (χ2v) is 4.39. The Kier molecular flexibility index (Phi) is 4.34. The maximum absolute atomic E-state index is 12.8. The minimum atomic E-state index is -0.248. The fraction of sp³-hybridized carbons (Fsp3) is 0.538. The lowest BCUT2D eigenvalue weighted by Crippen LogP contribution is -2.36. The molecule has 0 spiro atoms. The predicted molar refractivity (Wildman–Crippen MR) is 64.4 cm³/mol. The van der Waals surface area contributed by atoms with Crippen LogP contribution in [0.15, 0.2) is 24.3 Å². The molecule has 4 heteroatoms. The normalized spacial score (nSPS) is 18.9. The summed E-state index contributed by atoms with van der Waals surface area (Å²) in [7, 11) is 0. The minimum absolute atomic E-state index is 0.0179. The van der Waals surface area contributed by atoms with E-state index < -0.39 is 0 Å². The van der Waals surface area contributed by atoms with Gasteiger partial charge in [0.1, 0.15) is 5.82 Å². The lowest BCUT2D eigenvalue weighted by Gasteiger charge is -2.30. The monoisotopic (exact) mass is 239 g/mol. The molecule has 1 fully saturated rings. The number of rotatable bonds is 4. The van der Waals surface area contributed by atoms with Gasteiger partial charge in [0.25, 0.3) is 0 Å². The third kappa shape index (κ3) is 3.41. The van der Waals surface area contributed by atoms with E-state index in [1.165, 1.54) is 12.1 Å². The number of ether oxygens (including phenoxy) is 1. The molecule has 1 atom stereocenters. The van der Waals surface area contributed by atoms with Crippen LogP contribution in [0.4, 0.5) is 10.1 Å². The molecule has 0 radical (unpaired) electrons. The van der Waals surface area contributed by atoms with Crippen molar-refractivity contribution >= 4 is 5.69 Å². The van der Waals surface area contributed by atoms with E-state index in [2.05, 4.69) is 5.32 Å². The molecule has 1 heterocycles. The van der Waals surface area contributed by atoms with Crippen molar-refractivity contribution < 1.29 is 14.2 Å². The first-order chi connectivity index (χ1) is 8.29. The van der Waals surface area contributed by atoms with Crippen LogP contribution in [0.3, 0.4) is 0 Å². The molecular formula is C13H18FNO2. The molecule has 1 aliphatic heterocycles. The highest BCUT2D eigenvalue weighted by atomic mass is 19.1. The van der Waals surface area contributed by atoms with Gasteiger partial charge >= 0.3 is 0 Å². The van der Waals surface area contributed by atoms with Crippen LogP contribution < -0.4 is 5.32 Å². The van der Waals surface area contributed by atoms with E-state index in [0.717, 1.165) is 31.7 Å². The van der Waals surface area contributed by atoms with Crippen LogP contribution in [0.25, 0.3) is 0 Å². The highest BCUT2D eigenvalue weighted by Gasteiger charge is 2.23. The Morgan fingerprint density at radius 1 is 1.29 bits per heavy atom. The van der Waals surface area contributed by atoms with E-state index in [0.29, 0.717) is 5.92 Å². The largest absolute Gasteiger partial charge is 0.394 e. The van der Waals surface area contributed by atoms with Crippen molar-refractivity contribution in [2.75, 3.05) is 25.1 Å². The zero-order valence-electron chi connectivity index (χ0n) is 9.73. The average Bonchev–Trinajstić information content (AvgIpc) is 2.39. The standard InChI is InChI=1S/C13H18FNO2/c14-11-1-3-12(4-2-11)15-13(9-16)10-5-7-17-8-6-10/h1-4,10,13,15-16H,5-9H2. The summed E-state index contributed by atoms with van der Waals surface area (Å²) in [5, 5.41) is 12.7. The number of benzene rings is 1. The maximum atomic E-state index is 12.8. The highest BCUT2D eigenvalue weighted by Crippen LogP contribution is 2.22. The van der Waals surface area contributed by atoms with Crippen LogP contribution in [-0.2, 0) is 4.74 Å². The van der Waals surface area contributed by atoms with Crippen LogP contribution in [0.1, 0.15) is 12.8 Å². The Bertz CT molecular complexity index is 336. The first-order valence-electron chi connectivity index (χ1n) is 6.00. The summed E-state index contributed by atoms with van der Waals surface area (Å²) < 4.78 is 18.1. The molecule has 17 heavy (non-hydrogen) atoms. The number of halogens is 1. The van der Waals surface area contributed by atoms with Crippen LogP contribution in [0, 0.1) is 11.7 Å². The van der Waals surface area contributed by atoms with Gasteiger partial charge in [-0.2, -0.15) is 0 Å². The van der Waals surface area contributed by atoms with Gasteiger partial charge in [-0.3, -0.25) is 0 Å². The van der Waals surface area contributed by atoms with Crippen molar-refractivity contribution in [2.45, 2.75) is 18.9 Å². The third-order valence-electron chi connectivity index (χ3n) is 3.23. The molecule has 0 saturated carbocycles. The Hall–Kier alpha value is -1.13. The summed E-state index contributed by atoms with van der Waals surface area (Å²) in [6.45, 7) is 1.60. The number of hydrogen-bond donors (Lipinski definition) is 2. The third-order valence-corrected chi connectivity index (χ3v) is 3.23. The Balaban J connectivity index is 1.96. The second-order valence-electron chi connectivity index (χ2n) is 4.39. The van der Waals surface area contributed by atoms with Gasteiger partial charge in [-0.25, -0.2) is 4.39 Å². The molecule has 1 aromatic rings. The van der Waals surface area contributed by atoms with Gasteiger partial charge in [0.05, 0.1) is 12.6 Å². The molecule has 3 nitrogen and oxygen atoms in total. The van der Waals surface area contributed by atoms with Crippen molar-refractivity contribution in [3.05, 3.63) is 30.1 Å². The molecule has 0 amide bonds. The molecule has 1 aliphatic rings. The Labute approximate surface area is 101 Å². The Morgan fingerprint density at radius 3 is 2.53 bits per heavy atom. The zero-order valence-corrected chi connectivity index (χ0v) is 9.73.